The van der Waals surface area contributed by atoms with Crippen molar-refractivity contribution in [3.8, 4) is 0 Å². The number of nitrogens with zero attached hydrogens (tertiary/aromatic N) is 1. The van der Waals surface area contributed by atoms with Crippen molar-refractivity contribution in [3.63, 3.8) is 0 Å². The van der Waals surface area contributed by atoms with Crippen LogP contribution < -0.4 is 5.32 Å². The molecule has 1 amide bonds. The van der Waals surface area contributed by atoms with Crippen molar-refractivity contribution in [1.82, 2.24) is 9.88 Å². The third-order valence-electron chi connectivity index (χ3n) is 3.99. The van der Waals surface area contributed by atoms with E-state index in [0.29, 0.717) is 11.7 Å². The summed E-state index contributed by atoms with van der Waals surface area (Å²) in [5, 5.41) is 12.5. The predicted octanol–water partition coefficient (Wildman–Crippen LogP) is 2.10. The van der Waals surface area contributed by atoms with Gasteiger partial charge in [-0.3, -0.25) is 4.79 Å². The molecule has 0 spiro atoms. The van der Waals surface area contributed by atoms with Crippen LogP contribution in [-0.4, -0.2) is 27.7 Å². The number of rotatable bonds is 6. The van der Waals surface area contributed by atoms with Gasteiger partial charge in [0.25, 0.3) is 5.91 Å². The zero-order chi connectivity index (χ0) is 13.2. The first-order valence-electron chi connectivity index (χ1n) is 6.76. The molecule has 0 aliphatic heterocycles. The van der Waals surface area contributed by atoms with E-state index in [-0.39, 0.29) is 12.5 Å². The van der Waals surface area contributed by atoms with E-state index >= 15 is 0 Å². The van der Waals surface area contributed by atoms with Crippen LogP contribution in [0, 0.1) is 0 Å². The highest BCUT2D eigenvalue weighted by molar-refractivity contribution is 5.93. The second-order valence-electron chi connectivity index (χ2n) is 5.13. The summed E-state index contributed by atoms with van der Waals surface area (Å²) in [5.74, 6) is -0.0790. The van der Waals surface area contributed by atoms with Gasteiger partial charge in [-0.2, -0.15) is 0 Å². The van der Waals surface area contributed by atoms with Crippen molar-refractivity contribution >= 4 is 5.91 Å². The standard InChI is InChI=1S/C14H22N2O2/c1-3-14(4-2,10-17)15-13(18)12-6-5-9-16(12)11-7-8-11/h5-6,9,11,17H,3-4,7-8,10H2,1-2H3,(H,15,18). The van der Waals surface area contributed by atoms with E-state index in [2.05, 4.69) is 5.32 Å². The Balaban J connectivity index is 2.13. The maximum absolute atomic E-state index is 12.3. The first-order valence-corrected chi connectivity index (χ1v) is 6.76. The van der Waals surface area contributed by atoms with Gasteiger partial charge in [0, 0.05) is 12.2 Å². The number of aliphatic hydroxyl groups is 1. The smallest absolute Gasteiger partial charge is 0.268 e. The van der Waals surface area contributed by atoms with Crippen LogP contribution in [-0.2, 0) is 0 Å². The minimum absolute atomic E-state index is 0.0180. The minimum atomic E-state index is -0.490. The topological polar surface area (TPSA) is 54.3 Å². The number of hydrogen-bond donors (Lipinski definition) is 2. The van der Waals surface area contributed by atoms with E-state index in [1.807, 2.05) is 36.7 Å². The van der Waals surface area contributed by atoms with Gasteiger partial charge in [-0.25, -0.2) is 0 Å². The van der Waals surface area contributed by atoms with Gasteiger partial charge in [-0.15, -0.1) is 0 Å². The van der Waals surface area contributed by atoms with Crippen LogP contribution >= 0.6 is 0 Å². The van der Waals surface area contributed by atoms with E-state index in [1.54, 1.807) is 0 Å². The molecule has 1 aliphatic carbocycles. The maximum atomic E-state index is 12.3. The highest BCUT2D eigenvalue weighted by Crippen LogP contribution is 2.36. The quantitative estimate of drug-likeness (QED) is 0.812. The summed E-state index contributed by atoms with van der Waals surface area (Å²) in [5.41, 5.74) is 0.215. The minimum Gasteiger partial charge on any atom is -0.394 e. The molecule has 0 atom stereocenters. The molecular formula is C14H22N2O2. The first kappa shape index (κ1) is 13.1. The van der Waals surface area contributed by atoms with E-state index in [9.17, 15) is 9.90 Å². The summed E-state index contributed by atoms with van der Waals surface area (Å²) in [4.78, 5) is 12.3. The van der Waals surface area contributed by atoms with Gasteiger partial charge in [0.15, 0.2) is 0 Å². The van der Waals surface area contributed by atoms with Gasteiger partial charge in [0.2, 0.25) is 0 Å². The van der Waals surface area contributed by atoms with Crippen molar-refractivity contribution in [2.45, 2.75) is 51.1 Å². The number of carbonyl (C=O) groups excluding carboxylic acids is 1. The fourth-order valence-corrected chi connectivity index (χ4v) is 2.25. The van der Waals surface area contributed by atoms with Gasteiger partial charge in [0.05, 0.1) is 12.1 Å². The molecule has 100 valence electrons. The molecule has 4 nitrogen and oxygen atoms in total. The predicted molar refractivity (Wildman–Crippen MR) is 70.6 cm³/mol. The lowest BCUT2D eigenvalue weighted by atomic mass is 9.93. The number of aliphatic hydroxyl groups excluding tert-OH is 1. The molecule has 0 aromatic carbocycles. The average Bonchev–Trinajstić information content (AvgIpc) is 3.13. The Hall–Kier alpha value is -1.29. The van der Waals surface area contributed by atoms with Gasteiger partial charge >= 0.3 is 0 Å². The Kier molecular flexibility index (Phi) is 3.76. The summed E-state index contributed by atoms with van der Waals surface area (Å²) in [6.45, 7) is 3.95. The Morgan fingerprint density at radius 1 is 1.50 bits per heavy atom. The molecule has 2 N–H and O–H groups in total. The Morgan fingerprint density at radius 2 is 2.17 bits per heavy atom. The molecule has 4 heteroatoms. The lowest BCUT2D eigenvalue weighted by Gasteiger charge is -2.30. The van der Waals surface area contributed by atoms with Gasteiger partial charge in [-0.05, 0) is 37.8 Å². The zero-order valence-electron chi connectivity index (χ0n) is 11.1. The lowest BCUT2D eigenvalue weighted by molar-refractivity contribution is 0.0808. The van der Waals surface area contributed by atoms with Gasteiger partial charge < -0.3 is 15.0 Å². The van der Waals surface area contributed by atoms with E-state index in [4.69, 9.17) is 0 Å². The summed E-state index contributed by atoms with van der Waals surface area (Å²) in [7, 11) is 0. The van der Waals surface area contributed by atoms with Crippen LogP contribution in [0.4, 0.5) is 0 Å². The molecular weight excluding hydrogens is 228 g/mol. The van der Waals surface area contributed by atoms with Crippen molar-refractivity contribution in [2.75, 3.05) is 6.61 Å². The number of nitrogens with one attached hydrogen (secondary N) is 1. The van der Waals surface area contributed by atoms with Gasteiger partial charge in [0.1, 0.15) is 5.69 Å². The molecule has 1 saturated carbocycles. The Bertz CT molecular complexity index is 409. The van der Waals surface area contributed by atoms with Crippen LogP contribution in [0.25, 0.3) is 0 Å². The summed E-state index contributed by atoms with van der Waals surface area (Å²) < 4.78 is 2.04. The second-order valence-corrected chi connectivity index (χ2v) is 5.13. The number of amides is 1. The molecule has 1 fully saturated rings. The van der Waals surface area contributed by atoms with Crippen LogP contribution in [0.3, 0.4) is 0 Å². The molecule has 18 heavy (non-hydrogen) atoms. The van der Waals surface area contributed by atoms with Crippen molar-refractivity contribution in [1.29, 1.82) is 0 Å². The van der Waals surface area contributed by atoms with E-state index in [1.165, 1.54) is 0 Å². The molecule has 0 unspecified atom stereocenters. The third kappa shape index (κ3) is 2.43. The molecule has 1 aromatic heterocycles. The molecule has 0 bridgehead atoms. The Labute approximate surface area is 108 Å². The molecule has 0 saturated heterocycles. The molecule has 1 aliphatic rings. The summed E-state index contributed by atoms with van der Waals surface area (Å²) in [6, 6.07) is 4.25. The highest BCUT2D eigenvalue weighted by Gasteiger charge is 2.31. The normalized spacial score (nSPS) is 15.7. The SMILES string of the molecule is CCC(CC)(CO)NC(=O)c1cccn1C1CC1. The first-order chi connectivity index (χ1) is 8.65. The monoisotopic (exact) mass is 250 g/mol. The summed E-state index contributed by atoms with van der Waals surface area (Å²) >= 11 is 0. The van der Waals surface area contributed by atoms with Crippen LogP contribution in [0.15, 0.2) is 18.3 Å². The highest BCUT2D eigenvalue weighted by atomic mass is 16.3. The molecule has 1 aromatic rings. The van der Waals surface area contributed by atoms with Crippen molar-refractivity contribution in [3.05, 3.63) is 24.0 Å². The van der Waals surface area contributed by atoms with Crippen molar-refractivity contribution in [2.24, 2.45) is 0 Å². The number of aromatic nitrogens is 1. The molecule has 2 rings (SSSR count). The average molecular weight is 250 g/mol. The van der Waals surface area contributed by atoms with E-state index < -0.39 is 5.54 Å². The lowest BCUT2D eigenvalue weighted by Crippen LogP contribution is -2.50. The third-order valence-corrected chi connectivity index (χ3v) is 3.99. The number of hydrogen-bond acceptors (Lipinski definition) is 2. The summed E-state index contributed by atoms with van der Waals surface area (Å²) in [6.07, 6.45) is 5.74. The molecule has 1 heterocycles. The fourth-order valence-electron chi connectivity index (χ4n) is 2.25. The maximum Gasteiger partial charge on any atom is 0.268 e. The van der Waals surface area contributed by atoms with Crippen molar-refractivity contribution < 1.29 is 9.90 Å². The van der Waals surface area contributed by atoms with Crippen LogP contribution in [0.5, 0.6) is 0 Å². The number of carbonyl (C=O) groups is 1. The van der Waals surface area contributed by atoms with Gasteiger partial charge in [-0.1, -0.05) is 13.8 Å². The zero-order valence-corrected chi connectivity index (χ0v) is 11.1. The van der Waals surface area contributed by atoms with E-state index in [0.717, 1.165) is 25.7 Å². The second kappa shape index (κ2) is 5.14. The van der Waals surface area contributed by atoms with Crippen LogP contribution in [0.2, 0.25) is 0 Å². The molecule has 0 radical (unpaired) electrons. The largest absolute Gasteiger partial charge is 0.394 e. The van der Waals surface area contributed by atoms with Crippen LogP contribution in [0.1, 0.15) is 56.1 Å². The fraction of sp³-hybridized carbons (Fsp3) is 0.643. The Morgan fingerprint density at radius 3 is 2.67 bits per heavy atom.